The van der Waals surface area contributed by atoms with Crippen molar-refractivity contribution in [3.05, 3.63) is 70.8 Å². The van der Waals surface area contributed by atoms with Gasteiger partial charge in [0.25, 0.3) is 0 Å². The highest BCUT2D eigenvalue weighted by Crippen LogP contribution is 2.46. The van der Waals surface area contributed by atoms with Gasteiger partial charge >= 0.3 is 0 Å². The summed E-state index contributed by atoms with van der Waals surface area (Å²) < 4.78 is 0. The van der Waals surface area contributed by atoms with Gasteiger partial charge in [0.1, 0.15) is 0 Å². The van der Waals surface area contributed by atoms with E-state index in [4.69, 9.17) is 0 Å². The fourth-order valence-corrected chi connectivity index (χ4v) is 5.21. The Balaban J connectivity index is 1.55. The number of carbonyl (C=O) groups excluding carboxylic acids is 2. The Labute approximate surface area is 179 Å². The average Bonchev–Trinajstić information content (AvgIpc) is 3.24. The van der Waals surface area contributed by atoms with Gasteiger partial charge in [-0.3, -0.25) is 14.5 Å². The second-order valence-corrected chi connectivity index (χ2v) is 8.86. The van der Waals surface area contributed by atoms with E-state index in [1.807, 2.05) is 11.0 Å². The van der Waals surface area contributed by atoms with E-state index in [1.165, 1.54) is 29.2 Å². The first-order valence-corrected chi connectivity index (χ1v) is 10.8. The molecule has 4 rings (SSSR count). The highest BCUT2D eigenvalue weighted by Gasteiger charge is 2.49. The first-order chi connectivity index (χ1) is 14.4. The maximum atomic E-state index is 13.0. The third-order valence-corrected chi connectivity index (χ3v) is 6.54. The summed E-state index contributed by atoms with van der Waals surface area (Å²) in [6, 6.07) is 17.2. The standard InChI is InChI=1S/C25H31N3O2/c1-17-7-6-9-20(11-17)13-27-14-21-15-28(24(30)12-26-19(3)29)25(23(21)16-27)22-10-5-4-8-18(22)2/h4-11,21,23,25H,12-16H2,1-3H3,(H,26,29)/t21-,23-,25+/m0/s1. The number of aryl methyl sites for hydroxylation is 2. The van der Waals surface area contributed by atoms with E-state index in [9.17, 15) is 9.59 Å². The van der Waals surface area contributed by atoms with Crippen molar-refractivity contribution in [1.29, 1.82) is 0 Å². The van der Waals surface area contributed by atoms with Crippen molar-refractivity contribution >= 4 is 11.8 Å². The molecule has 0 saturated carbocycles. The zero-order valence-electron chi connectivity index (χ0n) is 18.1. The van der Waals surface area contributed by atoms with E-state index in [2.05, 4.69) is 66.5 Å². The van der Waals surface area contributed by atoms with Crippen LogP contribution in [0, 0.1) is 25.7 Å². The Bertz CT molecular complexity index is 941. The minimum absolute atomic E-state index is 0.0121. The third kappa shape index (κ3) is 4.26. The lowest BCUT2D eigenvalue weighted by Gasteiger charge is -2.31. The summed E-state index contributed by atoms with van der Waals surface area (Å²) in [6.07, 6.45) is 0. The number of carbonyl (C=O) groups is 2. The quantitative estimate of drug-likeness (QED) is 0.832. The first kappa shape index (κ1) is 20.6. The van der Waals surface area contributed by atoms with Crippen LogP contribution in [-0.4, -0.2) is 47.8 Å². The minimum Gasteiger partial charge on any atom is -0.347 e. The van der Waals surface area contributed by atoms with Crippen LogP contribution in [0.2, 0.25) is 0 Å². The first-order valence-electron chi connectivity index (χ1n) is 10.8. The lowest BCUT2D eigenvalue weighted by atomic mass is 9.87. The van der Waals surface area contributed by atoms with E-state index >= 15 is 0 Å². The largest absolute Gasteiger partial charge is 0.347 e. The van der Waals surface area contributed by atoms with Gasteiger partial charge in [0.05, 0.1) is 12.6 Å². The number of fused-ring (bicyclic) bond motifs is 1. The molecule has 5 heteroatoms. The molecule has 0 bridgehead atoms. The molecule has 2 saturated heterocycles. The summed E-state index contributed by atoms with van der Waals surface area (Å²) in [5.74, 6) is 0.718. The number of nitrogens with zero attached hydrogens (tertiary/aromatic N) is 2. The van der Waals surface area contributed by atoms with Gasteiger partial charge in [0, 0.05) is 39.0 Å². The molecule has 2 aliphatic rings. The minimum atomic E-state index is -0.167. The van der Waals surface area contributed by atoms with Gasteiger partial charge in [-0.1, -0.05) is 54.1 Å². The number of hydrogen-bond acceptors (Lipinski definition) is 3. The fourth-order valence-electron chi connectivity index (χ4n) is 5.21. The molecule has 30 heavy (non-hydrogen) atoms. The average molecular weight is 406 g/mol. The zero-order chi connectivity index (χ0) is 21.3. The summed E-state index contributed by atoms with van der Waals surface area (Å²) in [6.45, 7) is 9.49. The summed E-state index contributed by atoms with van der Waals surface area (Å²) in [7, 11) is 0. The number of hydrogen-bond donors (Lipinski definition) is 1. The van der Waals surface area contributed by atoms with Gasteiger partial charge in [0.2, 0.25) is 11.8 Å². The molecule has 0 unspecified atom stereocenters. The molecule has 2 amide bonds. The number of amides is 2. The smallest absolute Gasteiger partial charge is 0.242 e. The second-order valence-electron chi connectivity index (χ2n) is 8.86. The number of likely N-dealkylation sites (tertiary alicyclic amines) is 2. The SMILES string of the molecule is CC(=O)NCC(=O)N1C[C@@H]2CN(Cc3cccc(C)c3)C[C@@H]2[C@H]1c1ccccc1C. The van der Waals surface area contributed by atoms with E-state index in [0.717, 1.165) is 26.2 Å². The topological polar surface area (TPSA) is 52.7 Å². The van der Waals surface area contributed by atoms with Crippen LogP contribution in [0.15, 0.2) is 48.5 Å². The molecule has 3 atom stereocenters. The molecule has 1 N–H and O–H groups in total. The molecule has 2 aliphatic heterocycles. The Kier molecular flexibility index (Phi) is 5.91. The van der Waals surface area contributed by atoms with Crippen molar-refractivity contribution < 1.29 is 9.59 Å². The summed E-state index contributed by atoms with van der Waals surface area (Å²) >= 11 is 0. The van der Waals surface area contributed by atoms with Gasteiger partial charge < -0.3 is 10.2 Å². The maximum absolute atomic E-state index is 13.0. The van der Waals surface area contributed by atoms with Crippen molar-refractivity contribution in [2.75, 3.05) is 26.2 Å². The number of benzene rings is 2. The Morgan fingerprint density at radius 1 is 1.03 bits per heavy atom. The van der Waals surface area contributed by atoms with Crippen LogP contribution < -0.4 is 5.32 Å². The maximum Gasteiger partial charge on any atom is 0.242 e. The van der Waals surface area contributed by atoms with Gasteiger partial charge in [-0.15, -0.1) is 0 Å². The summed E-state index contributed by atoms with van der Waals surface area (Å²) in [5.41, 5.74) is 5.09. The second kappa shape index (κ2) is 8.60. The molecule has 2 aromatic rings. The van der Waals surface area contributed by atoms with Crippen molar-refractivity contribution in [1.82, 2.24) is 15.1 Å². The van der Waals surface area contributed by atoms with Gasteiger partial charge in [-0.25, -0.2) is 0 Å². The molecule has 2 aromatic carbocycles. The van der Waals surface area contributed by atoms with E-state index < -0.39 is 0 Å². The molecule has 2 heterocycles. The van der Waals surface area contributed by atoms with Crippen LogP contribution in [0.1, 0.15) is 35.2 Å². The van der Waals surface area contributed by atoms with E-state index in [1.54, 1.807) is 0 Å². The molecule has 0 spiro atoms. The van der Waals surface area contributed by atoms with E-state index in [-0.39, 0.29) is 24.4 Å². The van der Waals surface area contributed by atoms with Gasteiger partial charge in [0.15, 0.2) is 0 Å². The molecule has 0 aromatic heterocycles. The number of rotatable bonds is 5. The monoisotopic (exact) mass is 405 g/mol. The van der Waals surface area contributed by atoms with Crippen LogP contribution >= 0.6 is 0 Å². The van der Waals surface area contributed by atoms with Crippen LogP contribution in [0.25, 0.3) is 0 Å². The molecular formula is C25H31N3O2. The van der Waals surface area contributed by atoms with E-state index in [0.29, 0.717) is 11.8 Å². The van der Waals surface area contributed by atoms with Crippen LogP contribution in [0.4, 0.5) is 0 Å². The highest BCUT2D eigenvalue weighted by atomic mass is 16.2. The molecule has 0 radical (unpaired) electrons. The predicted molar refractivity (Wildman–Crippen MR) is 118 cm³/mol. The normalized spacial score (nSPS) is 23.4. The Morgan fingerprint density at radius 3 is 2.57 bits per heavy atom. The van der Waals surface area contributed by atoms with Gasteiger partial charge in [-0.05, 0) is 36.5 Å². The van der Waals surface area contributed by atoms with Crippen molar-refractivity contribution in [2.45, 2.75) is 33.4 Å². The Morgan fingerprint density at radius 2 is 1.83 bits per heavy atom. The molecule has 2 fully saturated rings. The van der Waals surface area contributed by atoms with Crippen LogP contribution in [0.3, 0.4) is 0 Å². The zero-order valence-corrected chi connectivity index (χ0v) is 18.1. The molecule has 5 nitrogen and oxygen atoms in total. The number of nitrogens with one attached hydrogen (secondary N) is 1. The lowest BCUT2D eigenvalue weighted by Crippen LogP contribution is -2.41. The summed E-state index contributed by atoms with van der Waals surface area (Å²) in [4.78, 5) is 28.8. The summed E-state index contributed by atoms with van der Waals surface area (Å²) in [5, 5.41) is 2.68. The third-order valence-electron chi connectivity index (χ3n) is 6.54. The van der Waals surface area contributed by atoms with Gasteiger partial charge in [-0.2, -0.15) is 0 Å². The molecular weight excluding hydrogens is 374 g/mol. The molecule has 0 aliphatic carbocycles. The van der Waals surface area contributed by atoms with Crippen LogP contribution in [0.5, 0.6) is 0 Å². The predicted octanol–water partition coefficient (Wildman–Crippen LogP) is 3.07. The lowest BCUT2D eigenvalue weighted by molar-refractivity contribution is -0.133. The van der Waals surface area contributed by atoms with Crippen molar-refractivity contribution in [3.63, 3.8) is 0 Å². The van der Waals surface area contributed by atoms with Crippen LogP contribution in [-0.2, 0) is 16.1 Å². The van der Waals surface area contributed by atoms with Crippen molar-refractivity contribution in [2.24, 2.45) is 11.8 Å². The fraction of sp³-hybridized carbons (Fsp3) is 0.440. The van der Waals surface area contributed by atoms with Crippen molar-refractivity contribution in [3.8, 4) is 0 Å². The highest BCUT2D eigenvalue weighted by molar-refractivity contribution is 5.84. The Hall–Kier alpha value is -2.66. The molecule has 158 valence electrons.